The number of amides is 1. The number of likely N-dealkylation sites (tertiary alicyclic amines) is 1. The average Bonchev–Trinajstić information content (AvgIpc) is 3.03. The van der Waals surface area contributed by atoms with Gasteiger partial charge in [0.1, 0.15) is 5.60 Å². The third-order valence-corrected chi connectivity index (χ3v) is 3.83. The maximum Gasteiger partial charge on any atom is 0.410 e. The maximum absolute atomic E-state index is 11.6. The number of carbonyl (C=O) groups is 1. The molecule has 0 bridgehead atoms. The summed E-state index contributed by atoms with van der Waals surface area (Å²) in [4.78, 5) is 13.0. The van der Waals surface area contributed by atoms with Crippen LogP contribution < -0.4 is 5.32 Å². The van der Waals surface area contributed by atoms with Crippen molar-refractivity contribution in [1.29, 1.82) is 0 Å². The lowest BCUT2D eigenvalue weighted by Crippen LogP contribution is -2.35. The van der Waals surface area contributed by atoms with Crippen molar-refractivity contribution in [3.8, 4) is 0 Å². The zero-order chi connectivity index (χ0) is 17.6. The van der Waals surface area contributed by atoms with Gasteiger partial charge in [-0.3, -0.25) is 0 Å². The van der Waals surface area contributed by atoms with Crippen LogP contribution in [0.25, 0.3) is 0 Å². The van der Waals surface area contributed by atoms with Crippen LogP contribution in [0, 0.1) is 11.8 Å². The summed E-state index contributed by atoms with van der Waals surface area (Å²) in [6, 6.07) is 0. The third-order valence-electron chi connectivity index (χ3n) is 3.83. The predicted molar refractivity (Wildman–Crippen MR) is 83.8 cm³/mol. The Morgan fingerprint density at radius 1 is 1.09 bits per heavy atom. The molecule has 8 heteroatoms. The molecule has 2 heterocycles. The predicted octanol–water partition coefficient (Wildman–Crippen LogP) is -1.23. The minimum absolute atomic E-state index is 0.0648. The van der Waals surface area contributed by atoms with Gasteiger partial charge in [0.2, 0.25) is 0 Å². The summed E-state index contributed by atoms with van der Waals surface area (Å²) in [5.74, 6) is -0.187. The van der Waals surface area contributed by atoms with E-state index in [4.69, 9.17) is 20.1 Å². The molecule has 0 aromatic heterocycles. The normalized spacial score (nSPS) is 30.8. The molecular weight excluding hydrogens is 304 g/mol. The molecule has 1 amide bonds. The Labute approximate surface area is 137 Å². The average molecular weight is 334 g/mol. The highest BCUT2D eigenvalue weighted by atomic mass is 16.6. The van der Waals surface area contributed by atoms with E-state index in [9.17, 15) is 9.90 Å². The van der Waals surface area contributed by atoms with Crippen LogP contribution >= 0.6 is 0 Å². The molecule has 2 saturated heterocycles. The summed E-state index contributed by atoms with van der Waals surface area (Å²) in [7, 11) is 0. The van der Waals surface area contributed by atoms with E-state index in [1.165, 1.54) is 4.90 Å². The number of ether oxygens (including phenoxy) is 1. The van der Waals surface area contributed by atoms with E-state index in [-0.39, 0.29) is 37.7 Å². The van der Waals surface area contributed by atoms with Gasteiger partial charge < -0.3 is 35.4 Å². The molecule has 0 aliphatic carbocycles. The lowest BCUT2D eigenvalue weighted by atomic mass is 10.1. The van der Waals surface area contributed by atoms with Crippen molar-refractivity contribution in [1.82, 2.24) is 10.2 Å². The van der Waals surface area contributed by atoms with Crippen molar-refractivity contribution >= 4 is 6.09 Å². The number of carbonyl (C=O) groups excluding carboxylic acids is 1. The summed E-state index contributed by atoms with van der Waals surface area (Å²) >= 11 is 0. The van der Waals surface area contributed by atoms with E-state index in [0.29, 0.717) is 13.1 Å². The summed E-state index contributed by atoms with van der Waals surface area (Å²) in [5, 5.41) is 38.9. The van der Waals surface area contributed by atoms with Gasteiger partial charge in [-0.1, -0.05) is 0 Å². The van der Waals surface area contributed by atoms with Gasteiger partial charge in [-0.25, -0.2) is 4.79 Å². The van der Waals surface area contributed by atoms with Crippen molar-refractivity contribution in [2.75, 3.05) is 39.4 Å². The molecule has 0 aromatic carbocycles. The number of nitrogens with one attached hydrogen (secondary N) is 1. The standard InChI is InChI=1S/C10H19NO4.C5H11NO2/c1-10(2,3)15-9(14)11-4-7(6-12)8(13)5-11;7-3-4-1-6-2-5(4)8/h7-8,12-13H,4-6H2,1-3H3;4-8H,1-3H2/t7-,8+;4-,5+/m11/s1. The molecule has 0 unspecified atom stereocenters. The Morgan fingerprint density at radius 2 is 1.70 bits per heavy atom. The summed E-state index contributed by atoms with van der Waals surface area (Å²) in [6.45, 7) is 7.33. The Hall–Kier alpha value is -0.930. The molecule has 5 N–H and O–H groups in total. The van der Waals surface area contributed by atoms with Crippen LogP contribution in [0.3, 0.4) is 0 Å². The molecule has 2 aliphatic heterocycles. The van der Waals surface area contributed by atoms with Crippen LogP contribution in [-0.4, -0.2) is 88.6 Å². The number of rotatable bonds is 2. The van der Waals surface area contributed by atoms with Gasteiger partial charge in [-0.05, 0) is 20.8 Å². The van der Waals surface area contributed by atoms with Crippen molar-refractivity contribution < 1.29 is 30.0 Å². The summed E-state index contributed by atoms with van der Waals surface area (Å²) in [6.07, 6.45) is -1.42. The molecule has 8 nitrogen and oxygen atoms in total. The van der Waals surface area contributed by atoms with E-state index < -0.39 is 17.8 Å². The first kappa shape index (κ1) is 20.1. The second kappa shape index (κ2) is 8.79. The monoisotopic (exact) mass is 334 g/mol. The molecule has 0 radical (unpaired) electrons. The highest BCUT2D eigenvalue weighted by Crippen LogP contribution is 2.19. The van der Waals surface area contributed by atoms with Crippen molar-refractivity contribution in [3.05, 3.63) is 0 Å². The molecule has 2 rings (SSSR count). The summed E-state index contributed by atoms with van der Waals surface area (Å²) < 4.78 is 5.16. The minimum atomic E-state index is -0.650. The van der Waals surface area contributed by atoms with Crippen molar-refractivity contribution in [3.63, 3.8) is 0 Å². The zero-order valence-electron chi connectivity index (χ0n) is 14.1. The van der Waals surface area contributed by atoms with Crippen molar-refractivity contribution in [2.45, 2.75) is 38.6 Å². The number of aliphatic hydroxyl groups excluding tert-OH is 4. The topological polar surface area (TPSA) is 122 Å². The van der Waals surface area contributed by atoms with Crippen LogP contribution in [0.5, 0.6) is 0 Å². The first-order valence-corrected chi connectivity index (χ1v) is 7.94. The van der Waals surface area contributed by atoms with Gasteiger partial charge >= 0.3 is 6.09 Å². The first-order valence-electron chi connectivity index (χ1n) is 7.94. The molecule has 2 aliphatic rings. The highest BCUT2D eigenvalue weighted by Gasteiger charge is 2.35. The number of β-amino-alcohol motifs (C(OH)–C–C–N with tert-alkyl or cyclic N) is 2. The highest BCUT2D eigenvalue weighted by molar-refractivity contribution is 5.68. The van der Waals surface area contributed by atoms with E-state index in [0.717, 1.165) is 6.54 Å². The van der Waals surface area contributed by atoms with Crippen LogP contribution in [0.4, 0.5) is 4.79 Å². The molecule has 136 valence electrons. The Morgan fingerprint density at radius 3 is 2.04 bits per heavy atom. The van der Waals surface area contributed by atoms with Crippen LogP contribution in [-0.2, 0) is 4.74 Å². The van der Waals surface area contributed by atoms with Crippen molar-refractivity contribution in [2.24, 2.45) is 11.8 Å². The minimum Gasteiger partial charge on any atom is -0.444 e. The molecule has 0 aromatic rings. The van der Waals surface area contributed by atoms with Gasteiger partial charge in [-0.15, -0.1) is 0 Å². The van der Waals surface area contributed by atoms with Crippen LogP contribution in [0.15, 0.2) is 0 Å². The van der Waals surface area contributed by atoms with E-state index in [2.05, 4.69) is 5.32 Å². The molecule has 23 heavy (non-hydrogen) atoms. The number of hydrogen-bond acceptors (Lipinski definition) is 7. The Bertz CT molecular complexity index is 373. The van der Waals surface area contributed by atoms with Gasteiger partial charge in [-0.2, -0.15) is 0 Å². The van der Waals surface area contributed by atoms with Crippen LogP contribution in [0.1, 0.15) is 20.8 Å². The Balaban J connectivity index is 0.000000277. The third kappa shape index (κ3) is 6.60. The molecule has 0 spiro atoms. The van der Waals surface area contributed by atoms with Gasteiger partial charge in [0.15, 0.2) is 0 Å². The molecule has 4 atom stereocenters. The Kier molecular flexibility index (Phi) is 7.69. The van der Waals surface area contributed by atoms with Gasteiger partial charge in [0.05, 0.1) is 25.4 Å². The van der Waals surface area contributed by atoms with Crippen LogP contribution in [0.2, 0.25) is 0 Å². The summed E-state index contributed by atoms with van der Waals surface area (Å²) in [5.41, 5.74) is -0.528. The smallest absolute Gasteiger partial charge is 0.410 e. The molecule has 2 fully saturated rings. The zero-order valence-corrected chi connectivity index (χ0v) is 14.1. The first-order chi connectivity index (χ1) is 10.7. The van der Waals surface area contributed by atoms with E-state index in [1.807, 2.05) is 0 Å². The number of hydrogen-bond donors (Lipinski definition) is 5. The fraction of sp³-hybridized carbons (Fsp3) is 0.933. The fourth-order valence-electron chi connectivity index (χ4n) is 2.41. The van der Waals surface area contributed by atoms with E-state index in [1.54, 1.807) is 20.8 Å². The number of aliphatic hydroxyl groups is 4. The quantitative estimate of drug-likeness (QED) is 0.428. The van der Waals surface area contributed by atoms with Gasteiger partial charge in [0, 0.05) is 38.1 Å². The maximum atomic E-state index is 11.6. The number of nitrogens with zero attached hydrogens (tertiary/aromatic N) is 1. The fourth-order valence-corrected chi connectivity index (χ4v) is 2.41. The second-order valence-electron chi connectivity index (χ2n) is 7.06. The largest absolute Gasteiger partial charge is 0.444 e. The molecule has 0 saturated carbocycles. The lowest BCUT2D eigenvalue weighted by Gasteiger charge is -2.24. The van der Waals surface area contributed by atoms with Gasteiger partial charge in [0.25, 0.3) is 0 Å². The second-order valence-corrected chi connectivity index (χ2v) is 7.06. The van der Waals surface area contributed by atoms with E-state index >= 15 is 0 Å². The lowest BCUT2D eigenvalue weighted by molar-refractivity contribution is 0.0269. The SMILES string of the molecule is CC(C)(C)OC(=O)N1C[C@H](CO)[C@@H](O)C1.OC[C@H]1CNC[C@@H]1O. The molecular formula is C15H30N2O6.